The standard InChI is InChI=1S/C19H25N3O.C3H8.C2H4/c1-2-20-18-8-7-14-12-16(6-5-15(14)13-18)19(23)22-11-9-17-4-3-10-21-17;1-3-2;1-2/h5-8,12-13,17,20-21H,2-4,9-11H2,1H3,(H,22,23);3H2,1-2H3;1-2H2. The maximum absolute atomic E-state index is 12.3. The first-order chi connectivity index (χ1) is 13.7. The van der Waals surface area contributed by atoms with Crippen molar-refractivity contribution in [2.75, 3.05) is 25.0 Å². The van der Waals surface area contributed by atoms with Gasteiger partial charge in [-0.3, -0.25) is 4.79 Å². The minimum Gasteiger partial charge on any atom is -0.385 e. The Bertz CT molecular complexity index is 708. The number of nitrogens with one attached hydrogen (secondary N) is 3. The highest BCUT2D eigenvalue weighted by molar-refractivity contribution is 5.99. The van der Waals surface area contributed by atoms with Crippen LogP contribution in [0.3, 0.4) is 0 Å². The number of hydrogen-bond acceptors (Lipinski definition) is 3. The highest BCUT2D eigenvalue weighted by atomic mass is 16.1. The molecule has 0 aliphatic carbocycles. The van der Waals surface area contributed by atoms with E-state index in [1.54, 1.807) is 0 Å². The normalized spacial score (nSPS) is 15.0. The van der Waals surface area contributed by atoms with E-state index in [0.717, 1.165) is 48.1 Å². The number of carbonyl (C=O) groups is 1. The highest BCUT2D eigenvalue weighted by Gasteiger charge is 2.14. The van der Waals surface area contributed by atoms with Crippen molar-refractivity contribution in [3.8, 4) is 0 Å². The fourth-order valence-corrected chi connectivity index (χ4v) is 3.17. The number of amides is 1. The van der Waals surface area contributed by atoms with Gasteiger partial charge in [0, 0.05) is 30.4 Å². The molecule has 3 N–H and O–H groups in total. The first kappa shape index (κ1) is 23.7. The van der Waals surface area contributed by atoms with Crippen molar-refractivity contribution in [3.63, 3.8) is 0 Å². The Morgan fingerprint density at radius 1 is 1.11 bits per heavy atom. The molecule has 4 heteroatoms. The Labute approximate surface area is 170 Å². The Hall–Kier alpha value is -2.33. The average molecular weight is 384 g/mol. The molecule has 4 nitrogen and oxygen atoms in total. The molecule has 0 saturated carbocycles. The van der Waals surface area contributed by atoms with Gasteiger partial charge in [-0.05, 0) is 67.8 Å². The van der Waals surface area contributed by atoms with Gasteiger partial charge in [-0.2, -0.15) is 0 Å². The molecule has 154 valence electrons. The van der Waals surface area contributed by atoms with Gasteiger partial charge in [0.1, 0.15) is 0 Å². The zero-order valence-electron chi connectivity index (χ0n) is 17.8. The van der Waals surface area contributed by atoms with Crippen molar-refractivity contribution in [2.45, 2.75) is 52.5 Å². The van der Waals surface area contributed by atoms with Gasteiger partial charge in [0.15, 0.2) is 0 Å². The lowest BCUT2D eigenvalue weighted by Crippen LogP contribution is -2.30. The van der Waals surface area contributed by atoms with Crippen LogP contribution in [-0.2, 0) is 0 Å². The Kier molecular flexibility index (Phi) is 11.7. The van der Waals surface area contributed by atoms with Crippen LogP contribution in [0.25, 0.3) is 10.8 Å². The summed E-state index contributed by atoms with van der Waals surface area (Å²) in [5.41, 5.74) is 1.84. The van der Waals surface area contributed by atoms with E-state index in [4.69, 9.17) is 0 Å². The van der Waals surface area contributed by atoms with Crippen LogP contribution in [0.5, 0.6) is 0 Å². The van der Waals surface area contributed by atoms with Gasteiger partial charge < -0.3 is 16.0 Å². The second-order valence-electron chi connectivity index (χ2n) is 6.85. The molecule has 0 bridgehead atoms. The summed E-state index contributed by atoms with van der Waals surface area (Å²) in [5.74, 6) is 0.0145. The molecular formula is C24H37N3O. The molecular weight excluding hydrogens is 346 g/mol. The molecule has 0 radical (unpaired) electrons. The van der Waals surface area contributed by atoms with Gasteiger partial charge in [0.25, 0.3) is 5.91 Å². The summed E-state index contributed by atoms with van der Waals surface area (Å²) in [4.78, 5) is 12.3. The zero-order chi connectivity index (χ0) is 20.8. The smallest absolute Gasteiger partial charge is 0.251 e. The molecule has 3 rings (SSSR count). The Morgan fingerprint density at radius 3 is 2.43 bits per heavy atom. The summed E-state index contributed by atoms with van der Waals surface area (Å²) < 4.78 is 0. The number of benzene rings is 2. The number of carbonyl (C=O) groups excluding carboxylic acids is 1. The summed E-state index contributed by atoms with van der Waals surface area (Å²) in [7, 11) is 0. The first-order valence-electron chi connectivity index (χ1n) is 10.5. The second-order valence-corrected chi connectivity index (χ2v) is 6.85. The summed E-state index contributed by atoms with van der Waals surface area (Å²) >= 11 is 0. The van der Waals surface area contributed by atoms with E-state index < -0.39 is 0 Å². The second kappa shape index (κ2) is 13.8. The van der Waals surface area contributed by atoms with Crippen molar-refractivity contribution in [1.29, 1.82) is 0 Å². The fourth-order valence-electron chi connectivity index (χ4n) is 3.17. The maximum Gasteiger partial charge on any atom is 0.251 e. The largest absolute Gasteiger partial charge is 0.385 e. The third-order valence-corrected chi connectivity index (χ3v) is 4.42. The van der Waals surface area contributed by atoms with E-state index in [1.807, 2.05) is 18.2 Å². The summed E-state index contributed by atoms with van der Waals surface area (Å²) in [6.45, 7) is 15.1. The Morgan fingerprint density at radius 2 is 1.79 bits per heavy atom. The molecule has 2 aromatic rings. The lowest BCUT2D eigenvalue weighted by Gasteiger charge is -2.11. The molecule has 28 heavy (non-hydrogen) atoms. The van der Waals surface area contributed by atoms with Crippen LogP contribution in [0.1, 0.15) is 56.8 Å². The van der Waals surface area contributed by atoms with Crippen molar-refractivity contribution in [3.05, 3.63) is 55.1 Å². The van der Waals surface area contributed by atoms with E-state index in [-0.39, 0.29) is 5.91 Å². The number of rotatable bonds is 6. The molecule has 1 atom stereocenters. The van der Waals surface area contributed by atoms with Crippen molar-refractivity contribution >= 4 is 22.4 Å². The van der Waals surface area contributed by atoms with Gasteiger partial charge in [0.05, 0.1) is 0 Å². The van der Waals surface area contributed by atoms with Crippen LogP contribution in [0.15, 0.2) is 49.6 Å². The average Bonchev–Trinajstić information content (AvgIpc) is 3.23. The quantitative estimate of drug-likeness (QED) is 0.588. The third kappa shape index (κ3) is 7.73. The molecule has 1 amide bonds. The van der Waals surface area contributed by atoms with Crippen molar-refractivity contribution < 1.29 is 4.79 Å². The molecule has 1 aliphatic heterocycles. The molecule has 1 aliphatic rings. The van der Waals surface area contributed by atoms with Crippen LogP contribution in [0, 0.1) is 0 Å². The minimum atomic E-state index is 0.0145. The topological polar surface area (TPSA) is 53.2 Å². The maximum atomic E-state index is 12.3. The molecule has 2 aromatic carbocycles. The van der Waals surface area contributed by atoms with Crippen LogP contribution in [0.2, 0.25) is 0 Å². The lowest BCUT2D eigenvalue weighted by atomic mass is 10.1. The van der Waals surface area contributed by atoms with E-state index in [9.17, 15) is 4.79 Å². The van der Waals surface area contributed by atoms with Crippen molar-refractivity contribution in [1.82, 2.24) is 10.6 Å². The van der Waals surface area contributed by atoms with E-state index in [0.29, 0.717) is 6.04 Å². The predicted molar refractivity (Wildman–Crippen MR) is 123 cm³/mol. The van der Waals surface area contributed by atoms with Crippen LogP contribution in [-0.4, -0.2) is 31.6 Å². The van der Waals surface area contributed by atoms with E-state index in [2.05, 4.69) is 68.1 Å². The Balaban J connectivity index is 0.000000717. The molecule has 1 saturated heterocycles. The molecule has 1 fully saturated rings. The van der Waals surface area contributed by atoms with Gasteiger partial charge >= 0.3 is 0 Å². The number of anilines is 1. The van der Waals surface area contributed by atoms with Gasteiger partial charge in [-0.1, -0.05) is 32.4 Å². The summed E-state index contributed by atoms with van der Waals surface area (Å²) in [5, 5.41) is 12.0. The summed E-state index contributed by atoms with van der Waals surface area (Å²) in [6.07, 6.45) is 4.73. The van der Waals surface area contributed by atoms with Crippen LogP contribution >= 0.6 is 0 Å². The van der Waals surface area contributed by atoms with Gasteiger partial charge in [0.2, 0.25) is 0 Å². The van der Waals surface area contributed by atoms with E-state index in [1.165, 1.54) is 19.3 Å². The molecule has 0 aromatic heterocycles. The zero-order valence-corrected chi connectivity index (χ0v) is 17.8. The molecule has 1 unspecified atom stereocenters. The molecule has 0 spiro atoms. The molecule has 1 heterocycles. The first-order valence-corrected chi connectivity index (χ1v) is 10.5. The highest BCUT2D eigenvalue weighted by Crippen LogP contribution is 2.20. The van der Waals surface area contributed by atoms with E-state index >= 15 is 0 Å². The number of fused-ring (bicyclic) bond motifs is 1. The number of hydrogen-bond donors (Lipinski definition) is 3. The van der Waals surface area contributed by atoms with Gasteiger partial charge in [-0.25, -0.2) is 0 Å². The minimum absolute atomic E-state index is 0.0145. The monoisotopic (exact) mass is 383 g/mol. The van der Waals surface area contributed by atoms with Crippen LogP contribution < -0.4 is 16.0 Å². The van der Waals surface area contributed by atoms with Crippen molar-refractivity contribution in [2.24, 2.45) is 0 Å². The predicted octanol–water partition coefficient (Wildman–Crippen LogP) is 5.36. The van der Waals surface area contributed by atoms with Crippen LogP contribution in [0.4, 0.5) is 5.69 Å². The SMILES string of the molecule is C=C.CCC.CCNc1ccc2cc(C(=O)NCCC3CCCN3)ccc2c1. The summed E-state index contributed by atoms with van der Waals surface area (Å²) in [6, 6.07) is 12.7. The fraction of sp³-hybridized carbons (Fsp3) is 0.458. The van der Waals surface area contributed by atoms with Gasteiger partial charge in [-0.15, -0.1) is 13.2 Å². The lowest BCUT2D eigenvalue weighted by molar-refractivity contribution is 0.0952. The third-order valence-electron chi connectivity index (χ3n) is 4.42.